The minimum Gasteiger partial charge on any atom is -0.351 e. The van der Waals surface area contributed by atoms with Gasteiger partial charge in [-0.1, -0.05) is 250 Å². The SMILES string of the molecule is CCC(Br)(CC)C(=O)NC(N)=O.CCCCCCCCCCCCCCCCC(C)C(C)CCCCCCCCCCCCCCCC. The predicted octanol–water partition coefficient (Wildman–Crippen LogP) is 15.1. The highest BCUT2D eigenvalue weighted by Crippen LogP contribution is 2.26. The zero-order valence-electron chi connectivity index (χ0n) is 33.6. The molecule has 2 unspecified atom stereocenters. The van der Waals surface area contributed by atoms with E-state index in [4.69, 9.17) is 5.73 Å². The zero-order chi connectivity index (χ0) is 36.1. The molecule has 0 aliphatic heterocycles. The summed E-state index contributed by atoms with van der Waals surface area (Å²) in [5.74, 6) is 1.49. The van der Waals surface area contributed by atoms with E-state index in [1.54, 1.807) is 0 Å². The maximum absolute atomic E-state index is 11.3. The molecular formula is C43H87BrN2O2. The van der Waals surface area contributed by atoms with Crippen molar-refractivity contribution in [1.29, 1.82) is 0 Å². The van der Waals surface area contributed by atoms with Gasteiger partial charge in [-0.3, -0.25) is 10.1 Å². The second-order valence-electron chi connectivity index (χ2n) is 15.2. The van der Waals surface area contributed by atoms with Crippen molar-refractivity contribution in [2.45, 2.75) is 251 Å². The van der Waals surface area contributed by atoms with Crippen LogP contribution in [0.4, 0.5) is 4.79 Å². The van der Waals surface area contributed by atoms with Crippen LogP contribution in [0.25, 0.3) is 0 Å². The third-order valence-electron chi connectivity index (χ3n) is 10.8. The lowest BCUT2D eigenvalue weighted by atomic mass is 9.86. The van der Waals surface area contributed by atoms with Crippen molar-refractivity contribution in [3.63, 3.8) is 0 Å². The van der Waals surface area contributed by atoms with Crippen LogP contribution >= 0.6 is 15.9 Å². The lowest BCUT2D eigenvalue weighted by Crippen LogP contribution is -2.46. The number of rotatable bonds is 34. The number of alkyl halides is 1. The maximum atomic E-state index is 11.3. The average Bonchev–Trinajstić information content (AvgIpc) is 3.07. The molecule has 0 fully saturated rings. The highest BCUT2D eigenvalue weighted by molar-refractivity contribution is 9.10. The molecule has 48 heavy (non-hydrogen) atoms. The molecule has 0 radical (unpaired) electrons. The van der Waals surface area contributed by atoms with Crippen LogP contribution in [0.5, 0.6) is 0 Å². The van der Waals surface area contributed by atoms with E-state index < -0.39 is 10.4 Å². The van der Waals surface area contributed by atoms with Crippen molar-refractivity contribution in [2.75, 3.05) is 0 Å². The Labute approximate surface area is 310 Å². The Morgan fingerprint density at radius 2 is 0.708 bits per heavy atom. The van der Waals surface area contributed by atoms with Crippen molar-refractivity contribution in [1.82, 2.24) is 5.32 Å². The first-order valence-electron chi connectivity index (χ1n) is 21.5. The number of imide groups is 1. The Hall–Kier alpha value is -0.580. The largest absolute Gasteiger partial charge is 0.351 e. The number of hydrogen-bond donors (Lipinski definition) is 2. The molecule has 0 aliphatic rings. The number of halogens is 1. The second kappa shape index (κ2) is 37.7. The van der Waals surface area contributed by atoms with Gasteiger partial charge in [-0.05, 0) is 24.7 Å². The molecule has 0 bridgehead atoms. The van der Waals surface area contributed by atoms with E-state index in [1.165, 1.54) is 193 Å². The summed E-state index contributed by atoms with van der Waals surface area (Å²) in [5.41, 5.74) is 4.81. The molecule has 0 spiro atoms. The molecule has 288 valence electrons. The fourth-order valence-corrected chi connectivity index (χ4v) is 6.78. The van der Waals surface area contributed by atoms with Crippen LogP contribution in [0.1, 0.15) is 247 Å². The van der Waals surface area contributed by atoms with Crippen LogP contribution < -0.4 is 11.1 Å². The molecule has 2 atom stereocenters. The molecule has 0 aromatic heterocycles. The van der Waals surface area contributed by atoms with E-state index in [-0.39, 0.29) is 5.91 Å². The van der Waals surface area contributed by atoms with Crippen LogP contribution in [-0.4, -0.2) is 16.3 Å². The number of urea groups is 1. The minimum atomic E-state index is -0.814. The summed E-state index contributed by atoms with van der Waals surface area (Å²) in [6.07, 6.45) is 45.4. The molecule has 0 saturated heterocycles. The third kappa shape index (κ3) is 33.9. The minimum absolute atomic E-state index is 0.375. The molecule has 3 amide bonds. The number of carbonyl (C=O) groups is 2. The monoisotopic (exact) mass is 743 g/mol. The Morgan fingerprint density at radius 3 is 0.917 bits per heavy atom. The van der Waals surface area contributed by atoms with E-state index in [0.29, 0.717) is 12.8 Å². The average molecular weight is 744 g/mol. The summed E-state index contributed by atoms with van der Waals surface area (Å²) in [6, 6.07) is -0.814. The highest BCUT2D eigenvalue weighted by Gasteiger charge is 2.32. The standard InChI is InChI=1S/C36H74.C7H13BrN2O2/c1-5-7-9-11-13-15-17-19-21-23-25-27-29-31-33-35(3)36(4)34-32-30-28-26-24-22-20-18-16-14-12-10-8-6-2;1-3-7(8,4-2)5(11)10-6(9)12/h35-36H,5-34H2,1-4H3;3-4H2,1-2H3,(H3,9,10,11,12). The molecule has 3 N–H and O–H groups in total. The quantitative estimate of drug-likeness (QED) is 0.0509. The van der Waals surface area contributed by atoms with Crippen LogP contribution in [-0.2, 0) is 4.79 Å². The van der Waals surface area contributed by atoms with Gasteiger partial charge >= 0.3 is 6.03 Å². The van der Waals surface area contributed by atoms with Crippen LogP contribution in [0.2, 0.25) is 0 Å². The Balaban J connectivity index is 0. The lowest BCUT2D eigenvalue weighted by molar-refractivity contribution is -0.122. The molecule has 0 aromatic rings. The Morgan fingerprint density at radius 1 is 0.479 bits per heavy atom. The van der Waals surface area contributed by atoms with Crippen LogP contribution in [0.3, 0.4) is 0 Å². The molecule has 0 heterocycles. The Kier molecular flexibility index (Phi) is 38.9. The predicted molar refractivity (Wildman–Crippen MR) is 218 cm³/mol. The molecular weight excluding hydrogens is 656 g/mol. The first-order chi connectivity index (χ1) is 23.2. The fraction of sp³-hybridized carbons (Fsp3) is 0.953. The summed E-state index contributed by atoms with van der Waals surface area (Å²) >= 11 is 3.26. The van der Waals surface area contributed by atoms with Gasteiger partial charge in [0.25, 0.3) is 0 Å². The van der Waals surface area contributed by atoms with Gasteiger partial charge in [-0.15, -0.1) is 0 Å². The van der Waals surface area contributed by atoms with E-state index in [1.807, 2.05) is 19.2 Å². The number of unbranched alkanes of at least 4 members (excludes halogenated alkanes) is 26. The summed E-state index contributed by atoms with van der Waals surface area (Å²) in [4.78, 5) is 21.6. The number of amides is 3. The highest BCUT2D eigenvalue weighted by atomic mass is 79.9. The van der Waals surface area contributed by atoms with Gasteiger partial charge in [-0.25, -0.2) is 4.79 Å². The zero-order valence-corrected chi connectivity index (χ0v) is 35.1. The van der Waals surface area contributed by atoms with Crippen molar-refractivity contribution in [3.8, 4) is 0 Å². The number of hydrogen-bond acceptors (Lipinski definition) is 2. The summed E-state index contributed by atoms with van der Waals surface area (Å²) in [6.45, 7) is 13.4. The second-order valence-corrected chi connectivity index (χ2v) is 16.7. The molecule has 0 saturated carbocycles. The van der Waals surface area contributed by atoms with Crippen molar-refractivity contribution in [2.24, 2.45) is 17.6 Å². The number of nitrogens with two attached hydrogens (primary N) is 1. The molecule has 0 aromatic carbocycles. The van der Waals surface area contributed by atoms with Gasteiger partial charge in [0.1, 0.15) is 4.32 Å². The molecule has 0 aliphatic carbocycles. The smallest absolute Gasteiger partial charge is 0.318 e. The summed E-state index contributed by atoms with van der Waals surface area (Å²) in [5, 5.41) is 2.04. The van der Waals surface area contributed by atoms with E-state index >= 15 is 0 Å². The van der Waals surface area contributed by atoms with Gasteiger partial charge < -0.3 is 5.73 Å². The maximum Gasteiger partial charge on any atom is 0.318 e. The van der Waals surface area contributed by atoms with Gasteiger partial charge in [0.05, 0.1) is 0 Å². The summed E-state index contributed by atoms with van der Waals surface area (Å²) < 4.78 is -0.665. The van der Waals surface area contributed by atoms with Gasteiger partial charge in [0, 0.05) is 0 Å². The van der Waals surface area contributed by atoms with Crippen molar-refractivity contribution in [3.05, 3.63) is 0 Å². The molecule has 5 heteroatoms. The van der Waals surface area contributed by atoms with Crippen LogP contribution in [0, 0.1) is 11.8 Å². The number of carbonyl (C=O) groups excluding carboxylic acids is 2. The van der Waals surface area contributed by atoms with Gasteiger partial charge in [0.2, 0.25) is 5.91 Å². The van der Waals surface area contributed by atoms with Crippen molar-refractivity contribution < 1.29 is 9.59 Å². The van der Waals surface area contributed by atoms with E-state index in [9.17, 15) is 9.59 Å². The normalized spacial score (nSPS) is 12.7. The van der Waals surface area contributed by atoms with E-state index in [0.717, 1.165) is 11.8 Å². The number of nitrogens with one attached hydrogen (secondary N) is 1. The van der Waals surface area contributed by atoms with Gasteiger partial charge in [-0.2, -0.15) is 0 Å². The molecule has 0 rings (SSSR count). The van der Waals surface area contributed by atoms with E-state index in [2.05, 4.69) is 43.6 Å². The lowest BCUT2D eigenvalue weighted by Gasteiger charge is -2.21. The summed E-state index contributed by atoms with van der Waals surface area (Å²) in [7, 11) is 0. The van der Waals surface area contributed by atoms with Gasteiger partial charge in [0.15, 0.2) is 0 Å². The van der Waals surface area contributed by atoms with Crippen molar-refractivity contribution >= 4 is 27.9 Å². The first-order valence-corrected chi connectivity index (χ1v) is 22.3. The topological polar surface area (TPSA) is 72.2 Å². The van der Waals surface area contributed by atoms with Crippen LogP contribution in [0.15, 0.2) is 0 Å². The third-order valence-corrected chi connectivity index (χ3v) is 12.2. The fourth-order valence-electron chi connectivity index (χ4n) is 6.69. The Bertz CT molecular complexity index is 646. The number of primary amides is 1. The first kappa shape index (κ1) is 49.5. The molecule has 4 nitrogen and oxygen atoms in total.